The standard InChI is InChI=1S/C21H23NO3/c1-20(2,19(24)25)16-8-10-17(11-9-16)22-18(23)21(12-13-21)14-15-6-4-3-5-7-15/h3-11H,12-14H2,1-2H3,(H,22,23)(H,24,25). The first-order chi connectivity index (χ1) is 11.8. The third-order valence-corrected chi connectivity index (χ3v) is 5.12. The summed E-state index contributed by atoms with van der Waals surface area (Å²) < 4.78 is 0. The molecule has 1 fully saturated rings. The zero-order valence-electron chi connectivity index (χ0n) is 14.6. The molecule has 0 aliphatic heterocycles. The number of carboxylic acid groups (broad SMARTS) is 1. The van der Waals surface area contributed by atoms with E-state index in [1.807, 2.05) is 18.2 Å². The van der Waals surface area contributed by atoms with Crippen molar-refractivity contribution in [1.82, 2.24) is 0 Å². The number of carbonyl (C=O) groups is 2. The fraction of sp³-hybridized carbons (Fsp3) is 0.333. The Balaban J connectivity index is 1.68. The van der Waals surface area contributed by atoms with Gasteiger partial charge in [0.2, 0.25) is 5.91 Å². The highest BCUT2D eigenvalue weighted by molar-refractivity contribution is 5.97. The van der Waals surface area contributed by atoms with E-state index in [2.05, 4.69) is 17.4 Å². The molecule has 2 N–H and O–H groups in total. The molecule has 130 valence electrons. The van der Waals surface area contributed by atoms with Crippen LogP contribution in [0.15, 0.2) is 54.6 Å². The number of nitrogens with one attached hydrogen (secondary N) is 1. The molecule has 0 saturated heterocycles. The van der Waals surface area contributed by atoms with Gasteiger partial charge in [0.25, 0.3) is 0 Å². The fourth-order valence-electron chi connectivity index (χ4n) is 2.98. The third kappa shape index (κ3) is 3.58. The minimum atomic E-state index is -0.951. The summed E-state index contributed by atoms with van der Waals surface area (Å²) in [7, 11) is 0. The Hall–Kier alpha value is -2.62. The van der Waals surface area contributed by atoms with Gasteiger partial charge in [0, 0.05) is 5.69 Å². The molecule has 0 bridgehead atoms. The van der Waals surface area contributed by atoms with E-state index in [-0.39, 0.29) is 11.3 Å². The minimum absolute atomic E-state index is 0.0431. The van der Waals surface area contributed by atoms with Gasteiger partial charge in [-0.05, 0) is 56.4 Å². The summed E-state index contributed by atoms with van der Waals surface area (Å²) >= 11 is 0. The van der Waals surface area contributed by atoms with E-state index in [0.29, 0.717) is 11.3 Å². The second-order valence-electron chi connectivity index (χ2n) is 7.40. The molecule has 4 nitrogen and oxygen atoms in total. The second kappa shape index (κ2) is 6.36. The molecule has 2 aromatic rings. The van der Waals surface area contributed by atoms with Gasteiger partial charge in [-0.1, -0.05) is 42.5 Å². The van der Waals surface area contributed by atoms with E-state index < -0.39 is 11.4 Å². The molecular weight excluding hydrogens is 314 g/mol. The first-order valence-corrected chi connectivity index (χ1v) is 8.53. The predicted octanol–water partition coefficient (Wildman–Crippen LogP) is 4.01. The smallest absolute Gasteiger partial charge is 0.313 e. The molecule has 0 unspecified atom stereocenters. The molecule has 1 aliphatic rings. The number of benzene rings is 2. The van der Waals surface area contributed by atoms with Crippen LogP contribution in [0, 0.1) is 5.41 Å². The van der Waals surface area contributed by atoms with Gasteiger partial charge < -0.3 is 10.4 Å². The van der Waals surface area contributed by atoms with Crippen molar-refractivity contribution in [3.63, 3.8) is 0 Å². The number of rotatable bonds is 6. The Morgan fingerprint density at radius 1 is 1.04 bits per heavy atom. The van der Waals surface area contributed by atoms with Crippen LogP contribution in [0.1, 0.15) is 37.8 Å². The van der Waals surface area contributed by atoms with Crippen LogP contribution in [0.2, 0.25) is 0 Å². The highest BCUT2D eigenvalue weighted by Gasteiger charge is 2.49. The van der Waals surface area contributed by atoms with Crippen molar-refractivity contribution in [2.24, 2.45) is 5.41 Å². The summed E-state index contributed by atoms with van der Waals surface area (Å²) in [6, 6.07) is 17.1. The number of amides is 1. The number of carbonyl (C=O) groups excluding carboxylic acids is 1. The Bertz CT molecular complexity index is 775. The lowest BCUT2D eigenvalue weighted by atomic mass is 9.85. The Kier molecular flexibility index (Phi) is 4.38. The maximum atomic E-state index is 12.7. The maximum Gasteiger partial charge on any atom is 0.313 e. The molecule has 0 aromatic heterocycles. The van der Waals surface area contributed by atoms with E-state index in [9.17, 15) is 14.7 Å². The number of hydrogen-bond donors (Lipinski definition) is 2. The monoisotopic (exact) mass is 337 g/mol. The van der Waals surface area contributed by atoms with Crippen LogP contribution in [-0.2, 0) is 21.4 Å². The normalized spacial score (nSPS) is 15.4. The summed E-state index contributed by atoms with van der Waals surface area (Å²) in [5, 5.41) is 12.3. The lowest BCUT2D eigenvalue weighted by Crippen LogP contribution is -2.28. The van der Waals surface area contributed by atoms with Crippen molar-refractivity contribution in [2.45, 2.75) is 38.5 Å². The lowest BCUT2D eigenvalue weighted by molar-refractivity contribution is -0.142. The summed E-state index contributed by atoms with van der Waals surface area (Å²) in [5.74, 6) is -0.828. The van der Waals surface area contributed by atoms with Crippen LogP contribution in [0.4, 0.5) is 5.69 Å². The van der Waals surface area contributed by atoms with Gasteiger partial charge in [-0.3, -0.25) is 9.59 Å². The Morgan fingerprint density at radius 3 is 2.16 bits per heavy atom. The van der Waals surface area contributed by atoms with Gasteiger partial charge in [-0.2, -0.15) is 0 Å². The average molecular weight is 337 g/mol. The largest absolute Gasteiger partial charge is 0.481 e. The topological polar surface area (TPSA) is 66.4 Å². The molecule has 1 amide bonds. The first kappa shape index (κ1) is 17.2. The maximum absolute atomic E-state index is 12.7. The van der Waals surface area contributed by atoms with Crippen LogP contribution in [0.25, 0.3) is 0 Å². The van der Waals surface area contributed by atoms with Crippen LogP contribution in [0.5, 0.6) is 0 Å². The molecule has 0 atom stereocenters. The summed E-state index contributed by atoms with van der Waals surface area (Å²) in [5.41, 5.74) is 1.33. The van der Waals surface area contributed by atoms with Crippen LogP contribution >= 0.6 is 0 Å². The van der Waals surface area contributed by atoms with Crippen molar-refractivity contribution < 1.29 is 14.7 Å². The fourth-order valence-corrected chi connectivity index (χ4v) is 2.98. The summed E-state index contributed by atoms with van der Waals surface area (Å²) in [6.07, 6.45) is 2.56. The highest BCUT2D eigenvalue weighted by Crippen LogP contribution is 2.49. The Morgan fingerprint density at radius 2 is 1.64 bits per heavy atom. The number of anilines is 1. The van der Waals surface area contributed by atoms with Crippen molar-refractivity contribution >= 4 is 17.6 Å². The summed E-state index contributed by atoms with van der Waals surface area (Å²) in [4.78, 5) is 24.0. The molecule has 0 heterocycles. The first-order valence-electron chi connectivity index (χ1n) is 8.53. The van der Waals surface area contributed by atoms with Crippen molar-refractivity contribution in [3.05, 3.63) is 65.7 Å². The van der Waals surface area contributed by atoms with E-state index in [0.717, 1.165) is 19.3 Å². The Labute approximate surface area is 147 Å². The molecular formula is C21H23NO3. The minimum Gasteiger partial charge on any atom is -0.481 e. The van der Waals surface area contributed by atoms with Gasteiger partial charge in [-0.15, -0.1) is 0 Å². The van der Waals surface area contributed by atoms with Crippen LogP contribution < -0.4 is 5.32 Å². The zero-order valence-corrected chi connectivity index (χ0v) is 14.6. The van der Waals surface area contributed by atoms with Crippen LogP contribution in [0.3, 0.4) is 0 Å². The quantitative estimate of drug-likeness (QED) is 0.837. The molecule has 0 spiro atoms. The number of carboxylic acids is 1. The molecule has 1 aliphatic carbocycles. The van der Waals surface area contributed by atoms with Crippen LogP contribution in [-0.4, -0.2) is 17.0 Å². The van der Waals surface area contributed by atoms with Gasteiger partial charge >= 0.3 is 5.97 Å². The van der Waals surface area contributed by atoms with Crippen molar-refractivity contribution in [2.75, 3.05) is 5.32 Å². The van der Waals surface area contributed by atoms with E-state index in [1.54, 1.807) is 38.1 Å². The molecule has 3 rings (SSSR count). The molecule has 1 saturated carbocycles. The van der Waals surface area contributed by atoms with Gasteiger partial charge in [0.1, 0.15) is 0 Å². The molecule has 0 radical (unpaired) electrons. The second-order valence-corrected chi connectivity index (χ2v) is 7.40. The number of hydrogen-bond acceptors (Lipinski definition) is 2. The predicted molar refractivity (Wildman–Crippen MR) is 97.5 cm³/mol. The average Bonchev–Trinajstić information content (AvgIpc) is 3.37. The van der Waals surface area contributed by atoms with Crippen molar-refractivity contribution in [3.8, 4) is 0 Å². The van der Waals surface area contributed by atoms with Gasteiger partial charge in [-0.25, -0.2) is 0 Å². The highest BCUT2D eigenvalue weighted by atomic mass is 16.4. The SMILES string of the molecule is CC(C)(C(=O)O)c1ccc(NC(=O)C2(Cc3ccccc3)CC2)cc1. The molecule has 2 aromatic carbocycles. The third-order valence-electron chi connectivity index (χ3n) is 5.12. The van der Waals surface area contributed by atoms with Gasteiger partial charge in [0.05, 0.1) is 10.8 Å². The summed E-state index contributed by atoms with van der Waals surface area (Å²) in [6.45, 7) is 3.34. The number of aliphatic carboxylic acids is 1. The van der Waals surface area contributed by atoms with E-state index in [4.69, 9.17) is 0 Å². The molecule has 25 heavy (non-hydrogen) atoms. The zero-order chi connectivity index (χ0) is 18.1. The molecule has 4 heteroatoms. The van der Waals surface area contributed by atoms with E-state index in [1.165, 1.54) is 5.56 Å². The van der Waals surface area contributed by atoms with Crippen molar-refractivity contribution in [1.29, 1.82) is 0 Å². The van der Waals surface area contributed by atoms with E-state index >= 15 is 0 Å². The lowest BCUT2D eigenvalue weighted by Gasteiger charge is -2.20. The van der Waals surface area contributed by atoms with Gasteiger partial charge in [0.15, 0.2) is 0 Å².